The van der Waals surface area contributed by atoms with Gasteiger partial charge in [-0.2, -0.15) is 0 Å². The molecule has 0 aliphatic rings. The van der Waals surface area contributed by atoms with Crippen LogP contribution in [0.25, 0.3) is 0 Å². The monoisotopic (exact) mass is 281 g/mol. The van der Waals surface area contributed by atoms with Gasteiger partial charge in [0.1, 0.15) is 17.3 Å². The van der Waals surface area contributed by atoms with Gasteiger partial charge in [-0.25, -0.2) is 4.39 Å². The van der Waals surface area contributed by atoms with Gasteiger partial charge in [0.15, 0.2) is 0 Å². The number of nitrogens with one attached hydrogen (secondary N) is 1. The molecule has 0 fully saturated rings. The van der Waals surface area contributed by atoms with Crippen LogP contribution in [0.5, 0.6) is 11.5 Å². The fraction of sp³-hybridized carbons (Fsp3) is 0.143. The molecule has 0 aliphatic heterocycles. The molecular weight excluding hydrogens is 269 g/mol. The van der Waals surface area contributed by atoms with Crippen LogP contribution in [0.3, 0.4) is 0 Å². The van der Waals surface area contributed by atoms with Crippen molar-refractivity contribution in [3.05, 3.63) is 52.8 Å². The summed E-state index contributed by atoms with van der Waals surface area (Å²) in [6, 6.07) is 9.20. The molecule has 2 N–H and O–H groups in total. The SMILES string of the molecule is COc1ccc(NCc2cc(O)cc(F)c2)cc1Cl. The zero-order chi connectivity index (χ0) is 13.8. The van der Waals surface area contributed by atoms with Crippen molar-refractivity contribution >= 4 is 17.3 Å². The molecule has 0 aliphatic carbocycles. The van der Waals surface area contributed by atoms with Gasteiger partial charge in [0.25, 0.3) is 0 Å². The van der Waals surface area contributed by atoms with E-state index in [1.165, 1.54) is 12.1 Å². The fourth-order valence-corrected chi connectivity index (χ4v) is 1.97. The average Bonchev–Trinajstić information content (AvgIpc) is 2.35. The van der Waals surface area contributed by atoms with Gasteiger partial charge in [-0.1, -0.05) is 11.6 Å². The summed E-state index contributed by atoms with van der Waals surface area (Å²) in [6.07, 6.45) is 0. The van der Waals surface area contributed by atoms with Gasteiger partial charge < -0.3 is 15.2 Å². The number of aromatic hydroxyl groups is 1. The van der Waals surface area contributed by atoms with Gasteiger partial charge in [-0.05, 0) is 35.9 Å². The van der Waals surface area contributed by atoms with Crippen LogP contribution in [0.2, 0.25) is 5.02 Å². The third kappa shape index (κ3) is 3.51. The van der Waals surface area contributed by atoms with Crippen molar-refractivity contribution in [1.29, 1.82) is 0 Å². The Labute approximate surface area is 115 Å². The smallest absolute Gasteiger partial charge is 0.137 e. The lowest BCUT2D eigenvalue weighted by atomic mass is 10.2. The highest BCUT2D eigenvalue weighted by atomic mass is 35.5. The standard InChI is InChI=1S/C14H13ClFNO2/c1-19-14-3-2-11(7-13(14)15)17-8-9-4-10(16)6-12(18)5-9/h2-7,17-18H,8H2,1H3. The second-order valence-electron chi connectivity index (χ2n) is 4.02. The van der Waals surface area contributed by atoms with Gasteiger partial charge >= 0.3 is 0 Å². The highest BCUT2D eigenvalue weighted by Crippen LogP contribution is 2.27. The van der Waals surface area contributed by atoms with Crippen molar-refractivity contribution in [2.45, 2.75) is 6.54 Å². The summed E-state index contributed by atoms with van der Waals surface area (Å²) in [5, 5.41) is 12.9. The zero-order valence-electron chi connectivity index (χ0n) is 10.3. The van der Waals surface area contributed by atoms with Crippen LogP contribution < -0.4 is 10.1 Å². The molecule has 0 saturated heterocycles. The number of rotatable bonds is 4. The Hall–Kier alpha value is -1.94. The van der Waals surface area contributed by atoms with E-state index in [1.807, 2.05) is 6.07 Å². The number of anilines is 1. The molecule has 0 radical (unpaired) electrons. The summed E-state index contributed by atoms with van der Waals surface area (Å²) in [5.74, 6) is 0.0322. The van der Waals surface area contributed by atoms with Crippen LogP contribution in [-0.2, 0) is 6.54 Å². The number of methoxy groups -OCH3 is 1. The van der Waals surface area contributed by atoms with Crippen LogP contribution in [0.15, 0.2) is 36.4 Å². The van der Waals surface area contributed by atoms with Gasteiger partial charge in [0.05, 0.1) is 12.1 Å². The fourth-order valence-electron chi connectivity index (χ4n) is 1.72. The normalized spacial score (nSPS) is 10.3. The molecular formula is C14H13ClFNO2. The molecule has 0 spiro atoms. The largest absolute Gasteiger partial charge is 0.508 e. The minimum absolute atomic E-state index is 0.0930. The van der Waals surface area contributed by atoms with Gasteiger partial charge in [-0.3, -0.25) is 0 Å². The maximum Gasteiger partial charge on any atom is 0.137 e. The van der Waals surface area contributed by atoms with E-state index in [4.69, 9.17) is 16.3 Å². The first-order valence-corrected chi connectivity index (χ1v) is 6.02. The number of hydrogen-bond donors (Lipinski definition) is 2. The summed E-state index contributed by atoms with van der Waals surface area (Å²) in [7, 11) is 1.55. The summed E-state index contributed by atoms with van der Waals surface area (Å²) in [4.78, 5) is 0. The van der Waals surface area contributed by atoms with E-state index in [9.17, 15) is 9.50 Å². The Balaban J connectivity index is 2.08. The van der Waals surface area contributed by atoms with E-state index >= 15 is 0 Å². The number of phenolic OH excluding ortho intramolecular Hbond substituents is 1. The summed E-state index contributed by atoms with van der Waals surface area (Å²) in [5.41, 5.74) is 1.43. The van der Waals surface area contributed by atoms with Crippen LogP contribution in [0.1, 0.15) is 5.56 Å². The molecule has 0 bridgehead atoms. The lowest BCUT2D eigenvalue weighted by Crippen LogP contribution is -2.00. The molecule has 3 nitrogen and oxygen atoms in total. The first kappa shape index (κ1) is 13.5. The summed E-state index contributed by atoms with van der Waals surface area (Å²) in [6.45, 7) is 0.383. The summed E-state index contributed by atoms with van der Waals surface area (Å²) < 4.78 is 18.1. The number of benzene rings is 2. The maximum absolute atomic E-state index is 13.1. The molecule has 2 aromatic carbocycles. The molecule has 2 rings (SSSR count). The van der Waals surface area contributed by atoms with Crippen molar-refractivity contribution in [2.24, 2.45) is 0 Å². The van der Waals surface area contributed by atoms with Crippen molar-refractivity contribution in [2.75, 3.05) is 12.4 Å². The first-order chi connectivity index (χ1) is 9.08. The van der Waals surface area contributed by atoms with Crippen LogP contribution >= 0.6 is 11.6 Å². The number of ether oxygens (including phenoxy) is 1. The summed E-state index contributed by atoms with van der Waals surface area (Å²) >= 11 is 6.00. The maximum atomic E-state index is 13.1. The second kappa shape index (κ2) is 5.80. The Bertz CT molecular complexity index is 569. The average molecular weight is 282 g/mol. The molecule has 0 saturated carbocycles. The molecule has 0 heterocycles. The Morgan fingerprint density at radius 1 is 1.26 bits per heavy atom. The lowest BCUT2D eigenvalue weighted by molar-refractivity contribution is 0.415. The van der Waals surface area contributed by atoms with Crippen molar-refractivity contribution in [3.8, 4) is 11.5 Å². The number of halogens is 2. The van der Waals surface area contributed by atoms with Gasteiger partial charge in [0, 0.05) is 18.3 Å². The Morgan fingerprint density at radius 2 is 2.05 bits per heavy atom. The molecule has 2 aromatic rings. The molecule has 0 unspecified atom stereocenters. The van der Waals surface area contributed by atoms with Crippen LogP contribution in [0, 0.1) is 5.82 Å². The van der Waals surface area contributed by atoms with Crippen molar-refractivity contribution in [1.82, 2.24) is 0 Å². The van der Waals surface area contributed by atoms with Crippen molar-refractivity contribution in [3.63, 3.8) is 0 Å². The second-order valence-corrected chi connectivity index (χ2v) is 4.43. The minimum Gasteiger partial charge on any atom is -0.508 e. The zero-order valence-corrected chi connectivity index (χ0v) is 11.0. The molecule has 19 heavy (non-hydrogen) atoms. The predicted octanol–water partition coefficient (Wildman–Crippen LogP) is 3.81. The van der Waals surface area contributed by atoms with E-state index in [0.717, 1.165) is 11.8 Å². The molecule has 5 heteroatoms. The van der Waals surface area contributed by atoms with E-state index in [2.05, 4.69) is 5.32 Å². The quantitative estimate of drug-likeness (QED) is 0.895. The number of hydrogen-bond acceptors (Lipinski definition) is 3. The highest BCUT2D eigenvalue weighted by molar-refractivity contribution is 6.32. The third-order valence-corrected chi connectivity index (χ3v) is 2.89. The molecule has 100 valence electrons. The van der Waals surface area contributed by atoms with Gasteiger partial charge in [-0.15, -0.1) is 0 Å². The van der Waals surface area contributed by atoms with E-state index in [-0.39, 0.29) is 5.75 Å². The van der Waals surface area contributed by atoms with E-state index in [0.29, 0.717) is 22.9 Å². The van der Waals surface area contributed by atoms with Crippen molar-refractivity contribution < 1.29 is 14.2 Å². The predicted molar refractivity (Wildman–Crippen MR) is 73.4 cm³/mol. The first-order valence-electron chi connectivity index (χ1n) is 5.64. The molecule has 0 amide bonds. The molecule has 0 atom stereocenters. The van der Waals surface area contributed by atoms with Gasteiger partial charge in [0.2, 0.25) is 0 Å². The number of phenols is 1. The Morgan fingerprint density at radius 3 is 2.68 bits per heavy atom. The molecule has 0 aromatic heterocycles. The van der Waals surface area contributed by atoms with Crippen LogP contribution in [0.4, 0.5) is 10.1 Å². The van der Waals surface area contributed by atoms with E-state index < -0.39 is 5.82 Å². The lowest BCUT2D eigenvalue weighted by Gasteiger charge is -2.09. The third-order valence-electron chi connectivity index (χ3n) is 2.59. The highest BCUT2D eigenvalue weighted by Gasteiger charge is 2.03. The Kier molecular flexibility index (Phi) is 4.12. The van der Waals surface area contributed by atoms with E-state index in [1.54, 1.807) is 19.2 Å². The van der Waals surface area contributed by atoms with Crippen LogP contribution in [-0.4, -0.2) is 12.2 Å². The minimum atomic E-state index is -0.468. The topological polar surface area (TPSA) is 41.5 Å².